The highest BCUT2D eigenvalue weighted by atomic mass is 79.9. The van der Waals surface area contributed by atoms with Crippen molar-refractivity contribution < 1.29 is 23.5 Å². The number of rotatable bonds is 11. The number of nitrogens with one attached hydrogen (secondary N) is 1. The van der Waals surface area contributed by atoms with Gasteiger partial charge in [-0.15, -0.1) is 17.0 Å². The van der Waals surface area contributed by atoms with Gasteiger partial charge in [-0.1, -0.05) is 26.7 Å². The Morgan fingerprint density at radius 2 is 1.73 bits per heavy atom. The molecule has 0 aliphatic heterocycles. The van der Waals surface area contributed by atoms with Crippen LogP contribution in [-0.2, 0) is 9.59 Å². The highest BCUT2D eigenvalue weighted by Gasteiger charge is 2.43. The van der Waals surface area contributed by atoms with Crippen molar-refractivity contribution in [2.75, 3.05) is 6.54 Å². The third-order valence-corrected chi connectivity index (χ3v) is 3.50. The van der Waals surface area contributed by atoms with E-state index in [-0.39, 0.29) is 48.2 Å². The average molecular weight is 389 g/mol. The summed E-state index contributed by atoms with van der Waals surface area (Å²) in [5.41, 5.74) is 2.65. The Morgan fingerprint density at radius 3 is 2.09 bits per heavy atom. The Labute approximate surface area is 140 Å². The summed E-state index contributed by atoms with van der Waals surface area (Å²) < 4.78 is 25.3. The second-order valence-electron chi connectivity index (χ2n) is 5.32. The minimum atomic E-state index is -3.14. The van der Waals surface area contributed by atoms with Crippen molar-refractivity contribution in [1.29, 1.82) is 0 Å². The number of alkyl halides is 2. The second kappa shape index (κ2) is 11.8. The normalized spacial score (nSPS) is 13.6. The number of carbonyl (C=O) groups is 2. The van der Waals surface area contributed by atoms with Gasteiger partial charge >= 0.3 is 5.97 Å². The Bertz CT molecular complexity index is 340. The van der Waals surface area contributed by atoms with Gasteiger partial charge in [0.2, 0.25) is 5.91 Å². The fourth-order valence-corrected chi connectivity index (χ4v) is 2.15. The molecule has 0 saturated heterocycles. The topological polar surface area (TPSA) is 92.4 Å². The fourth-order valence-electron chi connectivity index (χ4n) is 2.15. The van der Waals surface area contributed by atoms with E-state index in [1.54, 1.807) is 0 Å². The molecule has 0 radical (unpaired) electrons. The molecule has 1 atom stereocenters. The maximum Gasteiger partial charge on any atom is 0.329 e. The van der Waals surface area contributed by atoms with Crippen LogP contribution in [0.25, 0.3) is 0 Å². The summed E-state index contributed by atoms with van der Waals surface area (Å²) in [6.07, 6.45) is -0.0583. The van der Waals surface area contributed by atoms with Crippen LogP contribution in [0, 0.1) is 5.92 Å². The number of hydrogen-bond donors (Lipinski definition) is 3. The molecule has 0 saturated carbocycles. The quantitative estimate of drug-likeness (QED) is 0.474. The fraction of sp³-hybridized carbons (Fsp3) is 0.857. The first-order valence-electron chi connectivity index (χ1n) is 7.37. The number of hydrogen-bond acceptors (Lipinski definition) is 3. The number of halogens is 3. The zero-order chi connectivity index (χ0) is 16.5. The Hall–Kier alpha value is -0.760. The second-order valence-corrected chi connectivity index (χ2v) is 5.32. The van der Waals surface area contributed by atoms with Crippen LogP contribution in [0.2, 0.25) is 0 Å². The monoisotopic (exact) mass is 388 g/mol. The Balaban J connectivity index is 0. The van der Waals surface area contributed by atoms with Crippen LogP contribution in [0.5, 0.6) is 0 Å². The molecule has 0 heterocycles. The van der Waals surface area contributed by atoms with Crippen LogP contribution in [0.1, 0.15) is 52.4 Å². The Kier molecular flexibility index (Phi) is 12.6. The molecule has 22 heavy (non-hydrogen) atoms. The number of carboxylic acid groups (broad SMARTS) is 1. The van der Waals surface area contributed by atoms with Crippen LogP contribution in [0.15, 0.2) is 0 Å². The summed E-state index contributed by atoms with van der Waals surface area (Å²) in [5.74, 6) is -1.90. The van der Waals surface area contributed by atoms with Gasteiger partial charge in [-0.2, -0.15) is 0 Å². The van der Waals surface area contributed by atoms with Crippen molar-refractivity contribution >= 4 is 28.9 Å². The van der Waals surface area contributed by atoms with Gasteiger partial charge in [-0.05, 0) is 25.7 Å². The highest BCUT2D eigenvalue weighted by molar-refractivity contribution is 8.93. The van der Waals surface area contributed by atoms with Gasteiger partial charge in [0.1, 0.15) is 0 Å². The Morgan fingerprint density at radius 1 is 1.23 bits per heavy atom. The van der Waals surface area contributed by atoms with Gasteiger partial charge < -0.3 is 16.2 Å². The molecule has 0 aromatic heterocycles. The third-order valence-electron chi connectivity index (χ3n) is 3.50. The zero-order valence-electron chi connectivity index (χ0n) is 13.1. The van der Waals surface area contributed by atoms with E-state index in [1.807, 2.05) is 13.8 Å². The molecule has 0 rings (SSSR count). The van der Waals surface area contributed by atoms with E-state index < -0.39 is 17.9 Å². The molecule has 0 fully saturated rings. The first-order valence-corrected chi connectivity index (χ1v) is 7.37. The zero-order valence-corrected chi connectivity index (χ0v) is 14.8. The van der Waals surface area contributed by atoms with E-state index in [2.05, 4.69) is 5.32 Å². The molecule has 0 bridgehead atoms. The lowest BCUT2D eigenvalue weighted by atomic mass is 9.95. The van der Waals surface area contributed by atoms with Crippen molar-refractivity contribution in [2.45, 2.75) is 64.3 Å². The number of nitrogens with two attached hydrogens (primary N) is 1. The van der Waals surface area contributed by atoms with Crippen LogP contribution in [-0.4, -0.2) is 35.5 Å². The molecule has 132 valence electrons. The molecule has 8 heteroatoms. The summed E-state index contributed by atoms with van der Waals surface area (Å²) in [7, 11) is 0. The lowest BCUT2D eigenvalue weighted by Crippen LogP contribution is -2.54. The van der Waals surface area contributed by atoms with Crippen LogP contribution >= 0.6 is 17.0 Å². The van der Waals surface area contributed by atoms with E-state index in [1.165, 1.54) is 0 Å². The number of amides is 1. The van der Waals surface area contributed by atoms with Crippen LogP contribution in [0.3, 0.4) is 0 Å². The molecular formula is C14H27BrF2N2O3. The minimum Gasteiger partial charge on any atom is -0.480 e. The first kappa shape index (κ1) is 23.5. The SMILES string of the molecule is Br.CCCC(CCC)C(=O)NCCCC(N)(C(=O)O)C(F)F. The molecule has 0 aromatic carbocycles. The van der Waals surface area contributed by atoms with Gasteiger partial charge in [-0.25, -0.2) is 13.6 Å². The minimum absolute atomic E-state index is 0. The van der Waals surface area contributed by atoms with E-state index in [4.69, 9.17) is 10.8 Å². The van der Waals surface area contributed by atoms with E-state index in [9.17, 15) is 18.4 Å². The predicted molar refractivity (Wildman–Crippen MR) is 86.4 cm³/mol. The maximum absolute atomic E-state index is 12.7. The molecule has 0 aliphatic rings. The van der Waals surface area contributed by atoms with Gasteiger partial charge in [-0.3, -0.25) is 4.79 Å². The molecule has 1 unspecified atom stereocenters. The molecule has 0 spiro atoms. The van der Waals surface area contributed by atoms with Crippen LogP contribution < -0.4 is 11.1 Å². The van der Waals surface area contributed by atoms with Crippen molar-refractivity contribution in [3.05, 3.63) is 0 Å². The predicted octanol–water partition coefficient (Wildman–Crippen LogP) is 2.72. The highest BCUT2D eigenvalue weighted by Crippen LogP contribution is 2.19. The molecule has 4 N–H and O–H groups in total. The number of carboxylic acids is 1. The summed E-state index contributed by atoms with van der Waals surface area (Å²) in [4.78, 5) is 22.7. The average Bonchev–Trinajstić information content (AvgIpc) is 2.42. The molecule has 0 aliphatic carbocycles. The van der Waals surface area contributed by atoms with Crippen molar-refractivity contribution in [3.63, 3.8) is 0 Å². The van der Waals surface area contributed by atoms with Gasteiger partial charge in [0.15, 0.2) is 5.54 Å². The van der Waals surface area contributed by atoms with Crippen LogP contribution in [0.4, 0.5) is 8.78 Å². The van der Waals surface area contributed by atoms with Crippen molar-refractivity contribution in [2.24, 2.45) is 11.7 Å². The van der Waals surface area contributed by atoms with E-state index in [0.717, 1.165) is 25.7 Å². The van der Waals surface area contributed by atoms with E-state index >= 15 is 0 Å². The van der Waals surface area contributed by atoms with Gasteiger partial charge in [0.25, 0.3) is 6.43 Å². The standard InChI is InChI=1S/C14H26F2N2O3.BrH/c1-3-6-10(7-4-2)11(19)18-9-5-8-14(17,12(15)16)13(20)21;/h10,12H,3-9,17H2,1-2H3,(H,18,19)(H,20,21);1H. The molecule has 1 amide bonds. The largest absolute Gasteiger partial charge is 0.480 e. The summed E-state index contributed by atoms with van der Waals surface area (Å²) in [5, 5.41) is 11.4. The van der Waals surface area contributed by atoms with Crippen molar-refractivity contribution in [3.8, 4) is 0 Å². The molecular weight excluding hydrogens is 362 g/mol. The number of aliphatic carboxylic acids is 1. The van der Waals surface area contributed by atoms with Gasteiger partial charge in [0.05, 0.1) is 0 Å². The third kappa shape index (κ3) is 7.49. The smallest absolute Gasteiger partial charge is 0.329 e. The van der Waals surface area contributed by atoms with Gasteiger partial charge in [0, 0.05) is 12.5 Å². The summed E-state index contributed by atoms with van der Waals surface area (Å²) in [6.45, 7) is 4.14. The molecule has 5 nitrogen and oxygen atoms in total. The maximum atomic E-state index is 12.7. The lowest BCUT2D eigenvalue weighted by molar-refractivity contribution is -0.150. The number of carbonyl (C=O) groups excluding carboxylic acids is 1. The van der Waals surface area contributed by atoms with E-state index in [0.29, 0.717) is 0 Å². The summed E-state index contributed by atoms with van der Waals surface area (Å²) >= 11 is 0. The molecule has 0 aromatic rings. The first-order chi connectivity index (χ1) is 9.79. The lowest BCUT2D eigenvalue weighted by Gasteiger charge is -2.23. The summed E-state index contributed by atoms with van der Waals surface area (Å²) in [6, 6.07) is 0. The van der Waals surface area contributed by atoms with Crippen molar-refractivity contribution in [1.82, 2.24) is 5.32 Å².